The van der Waals surface area contributed by atoms with Crippen molar-refractivity contribution in [2.24, 2.45) is 0 Å². The summed E-state index contributed by atoms with van der Waals surface area (Å²) in [6.07, 6.45) is 0. The lowest BCUT2D eigenvalue weighted by Crippen LogP contribution is -2.36. The van der Waals surface area contributed by atoms with Crippen LogP contribution in [-0.4, -0.2) is 32.0 Å². The van der Waals surface area contributed by atoms with E-state index in [1.165, 1.54) is 19.2 Å². The largest absolute Gasteiger partial charge is 0.494 e. The lowest BCUT2D eigenvalue weighted by Gasteiger charge is -2.07. The molecule has 0 heterocycles. The molecule has 98 valence electrons. The molecule has 2 amide bonds. The fourth-order valence-corrected chi connectivity index (χ4v) is 1.33. The number of ether oxygens (including phenoxy) is 1. The summed E-state index contributed by atoms with van der Waals surface area (Å²) in [7, 11) is 1.34. The third-order valence-electron chi connectivity index (χ3n) is 2.20. The molecule has 0 bridgehead atoms. The third-order valence-corrected chi connectivity index (χ3v) is 2.20. The van der Waals surface area contributed by atoms with E-state index in [1.54, 1.807) is 6.92 Å². The molecule has 5 nitrogen and oxygen atoms in total. The number of likely N-dealkylation sites (N-methyl/N-ethyl adjacent to an activating group) is 1. The number of hydrogen-bond donors (Lipinski definition) is 2. The van der Waals surface area contributed by atoms with E-state index in [4.69, 9.17) is 4.74 Å². The fourth-order valence-electron chi connectivity index (χ4n) is 1.33. The Hall–Kier alpha value is -2.11. The van der Waals surface area contributed by atoms with Gasteiger partial charge < -0.3 is 15.4 Å². The molecule has 0 atom stereocenters. The smallest absolute Gasteiger partial charge is 0.251 e. The first-order valence-corrected chi connectivity index (χ1v) is 5.47. The molecule has 1 aromatic carbocycles. The molecular formula is C12H15FN2O3. The predicted octanol–water partition coefficient (Wildman–Crippen LogP) is 0.700. The molecule has 2 N–H and O–H groups in total. The van der Waals surface area contributed by atoms with Crippen LogP contribution in [0, 0.1) is 5.82 Å². The number of rotatable bonds is 5. The van der Waals surface area contributed by atoms with Crippen LogP contribution in [0.1, 0.15) is 17.3 Å². The number of halogens is 1. The van der Waals surface area contributed by atoms with E-state index in [2.05, 4.69) is 10.6 Å². The van der Waals surface area contributed by atoms with E-state index in [-0.39, 0.29) is 23.8 Å². The molecule has 0 aliphatic heterocycles. The van der Waals surface area contributed by atoms with E-state index >= 15 is 0 Å². The summed E-state index contributed by atoms with van der Waals surface area (Å²) in [5.41, 5.74) is 0.137. The molecule has 0 saturated heterocycles. The fraction of sp³-hybridized carbons (Fsp3) is 0.333. The summed E-state index contributed by atoms with van der Waals surface area (Å²) in [5.74, 6) is -1.36. The summed E-state index contributed by atoms with van der Waals surface area (Å²) in [4.78, 5) is 22.7. The van der Waals surface area contributed by atoms with Crippen molar-refractivity contribution in [1.29, 1.82) is 0 Å². The van der Waals surface area contributed by atoms with Gasteiger partial charge in [-0.2, -0.15) is 0 Å². The zero-order chi connectivity index (χ0) is 13.5. The van der Waals surface area contributed by atoms with Crippen LogP contribution in [0.15, 0.2) is 18.2 Å². The first kappa shape index (κ1) is 14.0. The Bertz CT molecular complexity index is 449. The molecule has 0 aromatic heterocycles. The van der Waals surface area contributed by atoms with Gasteiger partial charge in [-0.15, -0.1) is 0 Å². The first-order chi connectivity index (χ1) is 8.58. The van der Waals surface area contributed by atoms with Crippen LogP contribution in [0.25, 0.3) is 0 Å². The van der Waals surface area contributed by atoms with Gasteiger partial charge in [-0.25, -0.2) is 4.39 Å². The van der Waals surface area contributed by atoms with Gasteiger partial charge in [-0.1, -0.05) is 0 Å². The Morgan fingerprint density at radius 1 is 1.33 bits per heavy atom. The standard InChI is InChI=1S/C12H15FN2O3/c1-3-14-11(16)7-15-12(17)8-4-5-10(18-2)9(13)6-8/h4-6H,3,7H2,1-2H3,(H,14,16)(H,15,17). The van der Waals surface area contributed by atoms with Crippen LogP contribution in [0.2, 0.25) is 0 Å². The maximum Gasteiger partial charge on any atom is 0.251 e. The SMILES string of the molecule is CCNC(=O)CNC(=O)c1ccc(OC)c(F)c1. The Morgan fingerprint density at radius 2 is 2.06 bits per heavy atom. The van der Waals surface area contributed by atoms with E-state index < -0.39 is 11.7 Å². The summed E-state index contributed by atoms with van der Waals surface area (Å²) in [5, 5.41) is 4.92. The van der Waals surface area contributed by atoms with E-state index in [1.807, 2.05) is 0 Å². The molecule has 1 rings (SSSR count). The molecular weight excluding hydrogens is 239 g/mol. The molecule has 18 heavy (non-hydrogen) atoms. The van der Waals surface area contributed by atoms with Gasteiger partial charge in [0.05, 0.1) is 13.7 Å². The number of hydrogen-bond acceptors (Lipinski definition) is 3. The zero-order valence-electron chi connectivity index (χ0n) is 10.2. The Morgan fingerprint density at radius 3 is 2.61 bits per heavy atom. The topological polar surface area (TPSA) is 67.4 Å². The van der Waals surface area contributed by atoms with Gasteiger partial charge in [0.15, 0.2) is 11.6 Å². The highest BCUT2D eigenvalue weighted by Crippen LogP contribution is 2.17. The third kappa shape index (κ3) is 3.73. The van der Waals surface area contributed by atoms with Crippen molar-refractivity contribution in [1.82, 2.24) is 10.6 Å². The van der Waals surface area contributed by atoms with Crippen molar-refractivity contribution < 1.29 is 18.7 Å². The molecule has 0 fully saturated rings. The van der Waals surface area contributed by atoms with Gasteiger partial charge in [-0.3, -0.25) is 9.59 Å². The van der Waals surface area contributed by atoms with Gasteiger partial charge >= 0.3 is 0 Å². The van der Waals surface area contributed by atoms with E-state index in [0.717, 1.165) is 6.07 Å². The average Bonchev–Trinajstić information content (AvgIpc) is 2.36. The van der Waals surface area contributed by atoms with Crippen molar-refractivity contribution in [3.8, 4) is 5.75 Å². The number of carbonyl (C=O) groups excluding carboxylic acids is 2. The minimum atomic E-state index is -0.622. The summed E-state index contributed by atoms with van der Waals surface area (Å²) < 4.78 is 18.1. The normalized spacial score (nSPS) is 9.72. The van der Waals surface area contributed by atoms with E-state index in [9.17, 15) is 14.0 Å². The Kier molecular flexibility index (Phi) is 5.10. The molecule has 0 aliphatic carbocycles. The monoisotopic (exact) mass is 254 g/mol. The second-order valence-electron chi connectivity index (χ2n) is 3.49. The maximum atomic E-state index is 13.3. The molecule has 1 aromatic rings. The highest BCUT2D eigenvalue weighted by atomic mass is 19.1. The van der Waals surface area contributed by atoms with Crippen LogP contribution in [-0.2, 0) is 4.79 Å². The van der Waals surface area contributed by atoms with Gasteiger partial charge in [0.2, 0.25) is 5.91 Å². The van der Waals surface area contributed by atoms with Crippen LogP contribution in [0.4, 0.5) is 4.39 Å². The van der Waals surface area contributed by atoms with Gasteiger partial charge in [0.1, 0.15) is 0 Å². The van der Waals surface area contributed by atoms with Crippen LogP contribution < -0.4 is 15.4 Å². The van der Waals surface area contributed by atoms with Crippen molar-refractivity contribution in [2.75, 3.05) is 20.2 Å². The van der Waals surface area contributed by atoms with E-state index in [0.29, 0.717) is 6.54 Å². The lowest BCUT2D eigenvalue weighted by atomic mass is 10.2. The summed E-state index contributed by atoms with van der Waals surface area (Å²) >= 11 is 0. The highest BCUT2D eigenvalue weighted by molar-refractivity contribution is 5.96. The van der Waals surface area contributed by atoms with Crippen LogP contribution in [0.5, 0.6) is 5.75 Å². The number of amides is 2. The van der Waals surface area contributed by atoms with Gasteiger partial charge in [-0.05, 0) is 25.1 Å². The molecule has 0 radical (unpaired) electrons. The lowest BCUT2D eigenvalue weighted by molar-refractivity contribution is -0.120. The second-order valence-corrected chi connectivity index (χ2v) is 3.49. The minimum Gasteiger partial charge on any atom is -0.494 e. The highest BCUT2D eigenvalue weighted by Gasteiger charge is 2.10. The molecule has 0 aliphatic rings. The van der Waals surface area contributed by atoms with Gasteiger partial charge in [0.25, 0.3) is 5.91 Å². The molecule has 0 spiro atoms. The Balaban J connectivity index is 2.62. The summed E-state index contributed by atoms with van der Waals surface area (Å²) in [6.45, 7) is 2.13. The zero-order valence-corrected chi connectivity index (χ0v) is 10.2. The van der Waals surface area contributed by atoms with Crippen molar-refractivity contribution in [3.05, 3.63) is 29.6 Å². The first-order valence-electron chi connectivity index (χ1n) is 5.47. The number of nitrogens with one attached hydrogen (secondary N) is 2. The number of methoxy groups -OCH3 is 1. The predicted molar refractivity (Wildman–Crippen MR) is 64.0 cm³/mol. The average molecular weight is 254 g/mol. The molecule has 0 saturated carbocycles. The quantitative estimate of drug-likeness (QED) is 0.812. The van der Waals surface area contributed by atoms with Crippen molar-refractivity contribution in [3.63, 3.8) is 0 Å². The molecule has 6 heteroatoms. The number of benzene rings is 1. The second kappa shape index (κ2) is 6.58. The van der Waals surface area contributed by atoms with Crippen LogP contribution >= 0.6 is 0 Å². The van der Waals surface area contributed by atoms with Crippen LogP contribution in [0.3, 0.4) is 0 Å². The van der Waals surface area contributed by atoms with Crippen molar-refractivity contribution in [2.45, 2.75) is 6.92 Å². The van der Waals surface area contributed by atoms with Gasteiger partial charge in [0, 0.05) is 12.1 Å². The number of carbonyl (C=O) groups is 2. The van der Waals surface area contributed by atoms with Crippen molar-refractivity contribution >= 4 is 11.8 Å². The Labute approximate surface area is 104 Å². The summed E-state index contributed by atoms with van der Waals surface area (Å²) in [6, 6.07) is 3.84. The molecule has 0 unspecified atom stereocenters. The maximum absolute atomic E-state index is 13.3. The minimum absolute atomic E-state index is 0.0651.